The van der Waals surface area contributed by atoms with E-state index in [9.17, 15) is 0 Å². The molecule has 2 nitrogen and oxygen atoms in total. The van der Waals surface area contributed by atoms with E-state index in [0.29, 0.717) is 0 Å². The van der Waals surface area contributed by atoms with Crippen molar-refractivity contribution in [3.63, 3.8) is 0 Å². The summed E-state index contributed by atoms with van der Waals surface area (Å²) in [6, 6.07) is 0. The molecule has 0 unspecified atom stereocenters. The van der Waals surface area contributed by atoms with Crippen molar-refractivity contribution in [3.8, 4) is 0 Å². The fourth-order valence-corrected chi connectivity index (χ4v) is 0.696. The molecule has 0 rings (SSSR count). The van der Waals surface area contributed by atoms with E-state index in [1.54, 1.807) is 0 Å². The fraction of sp³-hybridized carbons (Fsp3) is 1.00. The molecule has 0 aliphatic rings. The van der Waals surface area contributed by atoms with Gasteiger partial charge in [0.05, 0.1) is 0 Å². The average molecular weight is 162 g/mol. The molecule has 0 aliphatic heterocycles. The number of thiol groups is 1. The second kappa shape index (κ2) is 7.44. The van der Waals surface area contributed by atoms with Crippen LogP contribution in [-0.2, 0) is 9.31 Å². The monoisotopic (exact) mass is 162 g/mol. The first kappa shape index (κ1) is 10.3. The van der Waals surface area contributed by atoms with Crippen LogP contribution in [0.5, 0.6) is 0 Å². The zero-order valence-corrected chi connectivity index (χ0v) is 7.56. The number of hydrogen-bond donors (Lipinski definition) is 1. The van der Waals surface area contributed by atoms with Crippen molar-refractivity contribution in [2.24, 2.45) is 0 Å². The second-order valence-electron chi connectivity index (χ2n) is 2.05. The van der Waals surface area contributed by atoms with Gasteiger partial charge < -0.3 is 9.31 Å². The van der Waals surface area contributed by atoms with Gasteiger partial charge in [-0.25, -0.2) is 0 Å². The van der Waals surface area contributed by atoms with Gasteiger partial charge in [-0.2, -0.15) is 12.5 Å². The van der Waals surface area contributed by atoms with Gasteiger partial charge in [-0.05, 0) is 12.8 Å². The van der Waals surface area contributed by atoms with Crippen LogP contribution in [0.4, 0.5) is 0 Å². The van der Waals surface area contributed by atoms with Gasteiger partial charge in [0.15, 0.2) is 0 Å². The predicted octanol–water partition coefficient (Wildman–Crippen LogP) is 1.75. The van der Waals surface area contributed by atoms with Gasteiger partial charge >= 0.3 is 6.40 Å². The Bertz CT molecular complexity index is 64.8. The Balaban J connectivity index is 3.00. The molecule has 10 heavy (non-hydrogen) atoms. The zero-order valence-electron chi connectivity index (χ0n) is 6.67. The first-order chi connectivity index (χ1) is 4.81. The molecular weight excluding hydrogens is 147 g/mol. The maximum atomic E-state index is 5.14. The standard InChI is InChI=1S/C6H15BO2S/c1-3-5-8-7(10)9-6-4-2/h10H,3-6H2,1-2H3. The van der Waals surface area contributed by atoms with Crippen LogP contribution in [0, 0.1) is 0 Å². The molecule has 0 atom stereocenters. The Kier molecular flexibility index (Phi) is 7.69. The summed E-state index contributed by atoms with van der Waals surface area (Å²) in [5.74, 6) is 0. The summed E-state index contributed by atoms with van der Waals surface area (Å²) in [6.07, 6.45) is 1.68. The molecule has 0 N–H and O–H groups in total. The molecule has 0 amide bonds. The van der Waals surface area contributed by atoms with Crippen LogP contribution in [0.15, 0.2) is 0 Å². The summed E-state index contributed by atoms with van der Waals surface area (Å²) in [5.41, 5.74) is 0. The van der Waals surface area contributed by atoms with Crippen LogP contribution in [0.1, 0.15) is 26.7 Å². The van der Waals surface area contributed by atoms with Gasteiger partial charge in [0, 0.05) is 13.2 Å². The van der Waals surface area contributed by atoms with Crippen molar-refractivity contribution in [2.45, 2.75) is 26.7 Å². The van der Waals surface area contributed by atoms with Gasteiger partial charge in [-0.1, -0.05) is 13.8 Å². The Hall–Kier alpha value is 0.335. The van der Waals surface area contributed by atoms with E-state index in [1.807, 2.05) is 0 Å². The minimum Gasteiger partial charge on any atom is -0.402 e. The van der Waals surface area contributed by atoms with Crippen molar-refractivity contribution in [1.29, 1.82) is 0 Å². The fourth-order valence-electron chi connectivity index (χ4n) is 0.485. The van der Waals surface area contributed by atoms with Gasteiger partial charge in [-0.3, -0.25) is 0 Å². The largest absolute Gasteiger partial charge is 0.528 e. The molecule has 0 saturated carbocycles. The molecular formula is C6H15BO2S. The zero-order chi connectivity index (χ0) is 7.82. The SMILES string of the molecule is CCCOB(S)OCCC. The van der Waals surface area contributed by atoms with Crippen LogP contribution in [0.2, 0.25) is 0 Å². The third-order valence-corrected chi connectivity index (χ3v) is 1.23. The Morgan fingerprint density at radius 2 is 1.50 bits per heavy atom. The van der Waals surface area contributed by atoms with E-state index >= 15 is 0 Å². The molecule has 0 fully saturated rings. The van der Waals surface area contributed by atoms with Crippen LogP contribution in [-0.4, -0.2) is 19.6 Å². The number of rotatable bonds is 6. The van der Waals surface area contributed by atoms with Gasteiger partial charge in [0.2, 0.25) is 0 Å². The topological polar surface area (TPSA) is 18.5 Å². The highest BCUT2D eigenvalue weighted by molar-refractivity contribution is 8.08. The van der Waals surface area contributed by atoms with Crippen molar-refractivity contribution < 1.29 is 9.31 Å². The van der Waals surface area contributed by atoms with Crippen molar-refractivity contribution in [1.82, 2.24) is 0 Å². The smallest absolute Gasteiger partial charge is 0.402 e. The molecule has 0 aromatic rings. The molecule has 0 spiro atoms. The quantitative estimate of drug-likeness (QED) is 0.473. The highest BCUT2D eigenvalue weighted by Crippen LogP contribution is 1.96. The molecule has 0 aromatic heterocycles. The van der Waals surface area contributed by atoms with Crippen LogP contribution < -0.4 is 0 Å². The van der Waals surface area contributed by atoms with E-state index in [4.69, 9.17) is 9.31 Å². The highest BCUT2D eigenvalue weighted by atomic mass is 32.1. The summed E-state index contributed by atoms with van der Waals surface area (Å²) in [6.45, 7) is 5.55. The second-order valence-corrected chi connectivity index (χ2v) is 2.47. The van der Waals surface area contributed by atoms with E-state index in [1.165, 1.54) is 0 Å². The maximum Gasteiger partial charge on any atom is 0.528 e. The molecule has 4 heteroatoms. The van der Waals surface area contributed by atoms with E-state index in [2.05, 4.69) is 26.3 Å². The third-order valence-electron chi connectivity index (χ3n) is 0.929. The Morgan fingerprint density at radius 1 is 1.10 bits per heavy atom. The van der Waals surface area contributed by atoms with E-state index in [0.717, 1.165) is 26.1 Å². The van der Waals surface area contributed by atoms with E-state index in [-0.39, 0.29) is 6.40 Å². The van der Waals surface area contributed by atoms with Gasteiger partial charge in [-0.15, -0.1) is 0 Å². The van der Waals surface area contributed by atoms with Crippen molar-refractivity contribution in [3.05, 3.63) is 0 Å². The highest BCUT2D eigenvalue weighted by Gasteiger charge is 2.09. The predicted molar refractivity (Wildman–Crippen MR) is 47.2 cm³/mol. The minimum atomic E-state index is -0.333. The Labute approximate surface area is 68.7 Å². The molecule has 0 saturated heterocycles. The summed E-state index contributed by atoms with van der Waals surface area (Å²) < 4.78 is 10.3. The van der Waals surface area contributed by atoms with Gasteiger partial charge in [0.25, 0.3) is 0 Å². The molecule has 0 bridgehead atoms. The van der Waals surface area contributed by atoms with Crippen LogP contribution >= 0.6 is 12.5 Å². The lowest BCUT2D eigenvalue weighted by Crippen LogP contribution is -2.17. The third kappa shape index (κ3) is 6.45. The van der Waals surface area contributed by atoms with Crippen LogP contribution in [0.3, 0.4) is 0 Å². The summed E-state index contributed by atoms with van der Waals surface area (Å²) in [4.78, 5) is 0. The van der Waals surface area contributed by atoms with E-state index < -0.39 is 0 Å². The normalized spacial score (nSPS) is 9.90. The lowest BCUT2D eigenvalue weighted by molar-refractivity contribution is 0.215. The lowest BCUT2D eigenvalue weighted by atomic mass is 10.3. The van der Waals surface area contributed by atoms with Crippen molar-refractivity contribution >= 4 is 18.9 Å². The van der Waals surface area contributed by atoms with Crippen LogP contribution in [0.25, 0.3) is 0 Å². The molecule has 0 aromatic carbocycles. The van der Waals surface area contributed by atoms with Gasteiger partial charge in [0.1, 0.15) is 0 Å². The molecule has 0 radical (unpaired) electrons. The lowest BCUT2D eigenvalue weighted by Gasteiger charge is -2.06. The maximum absolute atomic E-state index is 5.14. The average Bonchev–Trinajstić information content (AvgIpc) is 1.97. The summed E-state index contributed by atoms with van der Waals surface area (Å²) in [5, 5.41) is 0. The summed E-state index contributed by atoms with van der Waals surface area (Å²) >= 11 is 4.05. The Morgan fingerprint density at radius 3 is 1.80 bits per heavy atom. The first-order valence-electron chi connectivity index (χ1n) is 3.72. The number of hydrogen-bond acceptors (Lipinski definition) is 3. The first-order valence-corrected chi connectivity index (χ1v) is 4.24. The molecule has 0 heterocycles. The molecule has 60 valence electrons. The summed E-state index contributed by atoms with van der Waals surface area (Å²) in [7, 11) is 0. The minimum absolute atomic E-state index is 0.333. The molecule has 0 aliphatic carbocycles. The van der Waals surface area contributed by atoms with Crippen molar-refractivity contribution in [2.75, 3.05) is 13.2 Å².